The number of fused-ring (bicyclic) bond motifs is 1. The molecule has 0 fully saturated rings. The van der Waals surface area contributed by atoms with Crippen LogP contribution in [-0.4, -0.2) is 38.6 Å². The highest BCUT2D eigenvalue weighted by Crippen LogP contribution is 2.22. The van der Waals surface area contributed by atoms with Gasteiger partial charge in [-0.05, 0) is 45.0 Å². The molecule has 1 aliphatic heterocycles. The summed E-state index contributed by atoms with van der Waals surface area (Å²) in [6.45, 7) is 5.31. The van der Waals surface area contributed by atoms with Gasteiger partial charge < -0.3 is 15.3 Å². The van der Waals surface area contributed by atoms with Gasteiger partial charge in [-0.2, -0.15) is 0 Å². The van der Waals surface area contributed by atoms with Crippen molar-refractivity contribution in [1.29, 1.82) is 0 Å². The number of hydrogen-bond acceptors (Lipinski definition) is 6. The van der Waals surface area contributed by atoms with Gasteiger partial charge >= 0.3 is 0 Å². The predicted molar refractivity (Wildman–Crippen MR) is 84.8 cm³/mol. The lowest BCUT2D eigenvalue weighted by Gasteiger charge is -2.24. The molecule has 22 heavy (non-hydrogen) atoms. The summed E-state index contributed by atoms with van der Waals surface area (Å²) in [7, 11) is 2.09. The first-order valence-electron chi connectivity index (χ1n) is 7.41. The summed E-state index contributed by atoms with van der Waals surface area (Å²) in [5, 5.41) is 13.2. The first-order valence-corrected chi connectivity index (χ1v) is 7.41. The van der Waals surface area contributed by atoms with E-state index in [1.807, 2.05) is 18.3 Å². The Bertz CT molecular complexity index is 680. The van der Waals surface area contributed by atoms with Crippen molar-refractivity contribution in [2.45, 2.75) is 32.4 Å². The van der Waals surface area contributed by atoms with Crippen LogP contribution < -0.4 is 5.32 Å². The Balaban J connectivity index is 1.83. The Morgan fingerprint density at radius 3 is 2.91 bits per heavy atom. The fourth-order valence-electron chi connectivity index (χ4n) is 2.47. The minimum Gasteiger partial charge on any atom is -0.384 e. The second-order valence-electron chi connectivity index (χ2n) is 6.27. The van der Waals surface area contributed by atoms with Gasteiger partial charge in [0.2, 0.25) is 5.95 Å². The summed E-state index contributed by atoms with van der Waals surface area (Å²) in [4.78, 5) is 15.4. The van der Waals surface area contributed by atoms with Crippen molar-refractivity contribution in [3.05, 3.63) is 41.5 Å². The SMILES string of the molecule is CN1CCc2cnc(Nc3ccnc(C(C)(C)O)c3)nc2C1. The van der Waals surface area contributed by atoms with Gasteiger partial charge in [-0.25, -0.2) is 9.97 Å². The number of pyridine rings is 1. The number of aromatic nitrogens is 3. The van der Waals surface area contributed by atoms with E-state index in [4.69, 9.17) is 0 Å². The molecule has 0 amide bonds. The van der Waals surface area contributed by atoms with Crippen LogP contribution in [0.5, 0.6) is 0 Å². The third-order valence-electron chi connectivity index (χ3n) is 3.78. The molecule has 0 aromatic carbocycles. The highest BCUT2D eigenvalue weighted by Gasteiger charge is 2.18. The van der Waals surface area contributed by atoms with E-state index in [2.05, 4.69) is 32.2 Å². The Kier molecular flexibility index (Phi) is 3.80. The first kappa shape index (κ1) is 14.9. The minimum absolute atomic E-state index is 0.571. The Morgan fingerprint density at radius 1 is 1.32 bits per heavy atom. The number of likely N-dealkylation sites (N-methyl/N-ethyl adjacent to an activating group) is 1. The molecule has 0 atom stereocenters. The molecule has 0 unspecified atom stereocenters. The van der Waals surface area contributed by atoms with Gasteiger partial charge in [0.25, 0.3) is 0 Å². The third kappa shape index (κ3) is 3.23. The topological polar surface area (TPSA) is 74.2 Å². The molecular weight excluding hydrogens is 278 g/mol. The summed E-state index contributed by atoms with van der Waals surface area (Å²) < 4.78 is 0. The quantitative estimate of drug-likeness (QED) is 0.900. The molecule has 3 heterocycles. The Labute approximate surface area is 130 Å². The monoisotopic (exact) mass is 299 g/mol. The van der Waals surface area contributed by atoms with E-state index >= 15 is 0 Å². The normalized spacial score (nSPS) is 15.5. The van der Waals surface area contributed by atoms with Crippen LogP contribution >= 0.6 is 0 Å². The highest BCUT2D eigenvalue weighted by atomic mass is 16.3. The van der Waals surface area contributed by atoms with Crippen LogP contribution in [0.2, 0.25) is 0 Å². The number of aliphatic hydroxyl groups is 1. The van der Waals surface area contributed by atoms with Crippen molar-refractivity contribution < 1.29 is 5.11 Å². The molecule has 0 aliphatic carbocycles. The maximum absolute atomic E-state index is 10.0. The van der Waals surface area contributed by atoms with Crippen molar-refractivity contribution in [2.24, 2.45) is 0 Å². The van der Waals surface area contributed by atoms with E-state index in [9.17, 15) is 5.11 Å². The Hall–Kier alpha value is -2.05. The van der Waals surface area contributed by atoms with Crippen LogP contribution in [-0.2, 0) is 18.6 Å². The zero-order chi connectivity index (χ0) is 15.7. The molecule has 1 aliphatic rings. The van der Waals surface area contributed by atoms with E-state index in [-0.39, 0.29) is 0 Å². The molecule has 116 valence electrons. The molecule has 0 saturated carbocycles. The number of anilines is 2. The minimum atomic E-state index is -0.975. The molecule has 0 saturated heterocycles. The third-order valence-corrected chi connectivity index (χ3v) is 3.78. The molecule has 0 spiro atoms. The summed E-state index contributed by atoms with van der Waals surface area (Å²) in [5.74, 6) is 0.571. The standard InChI is InChI=1S/C16H21N5O/c1-16(2,22)14-8-12(4-6-17-14)19-15-18-9-11-5-7-21(3)10-13(11)20-15/h4,6,8-9,22H,5,7,10H2,1-3H3,(H,17,18,19,20). The van der Waals surface area contributed by atoms with Gasteiger partial charge in [-0.3, -0.25) is 4.98 Å². The van der Waals surface area contributed by atoms with Gasteiger partial charge in [-0.1, -0.05) is 0 Å². The molecule has 2 aromatic heterocycles. The van der Waals surface area contributed by atoms with E-state index in [0.29, 0.717) is 11.6 Å². The average molecular weight is 299 g/mol. The van der Waals surface area contributed by atoms with Gasteiger partial charge in [0.1, 0.15) is 5.60 Å². The molecular formula is C16H21N5O. The molecule has 0 radical (unpaired) electrons. The van der Waals surface area contributed by atoms with Crippen molar-refractivity contribution in [3.63, 3.8) is 0 Å². The molecule has 2 N–H and O–H groups in total. The smallest absolute Gasteiger partial charge is 0.227 e. The maximum atomic E-state index is 10.0. The lowest BCUT2D eigenvalue weighted by molar-refractivity contribution is 0.0739. The fraction of sp³-hybridized carbons (Fsp3) is 0.438. The van der Waals surface area contributed by atoms with Gasteiger partial charge in [0, 0.05) is 31.2 Å². The van der Waals surface area contributed by atoms with Gasteiger partial charge in [-0.15, -0.1) is 0 Å². The molecule has 2 aromatic rings. The van der Waals surface area contributed by atoms with Crippen LogP contribution in [0.15, 0.2) is 24.5 Å². The van der Waals surface area contributed by atoms with Crippen LogP contribution in [0.3, 0.4) is 0 Å². The number of rotatable bonds is 3. The molecule has 6 nitrogen and oxygen atoms in total. The van der Waals surface area contributed by atoms with Crippen LogP contribution in [0.1, 0.15) is 30.8 Å². The van der Waals surface area contributed by atoms with Gasteiger partial charge in [0.15, 0.2) is 0 Å². The lowest BCUT2D eigenvalue weighted by Crippen LogP contribution is -2.27. The average Bonchev–Trinajstić information content (AvgIpc) is 2.46. The van der Waals surface area contributed by atoms with E-state index in [0.717, 1.165) is 30.9 Å². The van der Waals surface area contributed by atoms with Crippen LogP contribution in [0.25, 0.3) is 0 Å². The number of hydrogen-bond donors (Lipinski definition) is 2. The van der Waals surface area contributed by atoms with Crippen molar-refractivity contribution in [2.75, 3.05) is 18.9 Å². The van der Waals surface area contributed by atoms with E-state index in [1.165, 1.54) is 5.56 Å². The highest BCUT2D eigenvalue weighted by molar-refractivity contribution is 5.53. The van der Waals surface area contributed by atoms with Crippen molar-refractivity contribution in [3.8, 4) is 0 Å². The van der Waals surface area contributed by atoms with Crippen molar-refractivity contribution >= 4 is 11.6 Å². The second-order valence-corrected chi connectivity index (χ2v) is 6.27. The number of nitrogens with one attached hydrogen (secondary N) is 1. The Morgan fingerprint density at radius 2 is 2.14 bits per heavy atom. The molecule has 0 bridgehead atoms. The predicted octanol–water partition coefficient (Wildman–Crippen LogP) is 1.83. The van der Waals surface area contributed by atoms with E-state index < -0.39 is 5.60 Å². The van der Waals surface area contributed by atoms with Crippen LogP contribution in [0, 0.1) is 0 Å². The summed E-state index contributed by atoms with van der Waals surface area (Å²) in [5.41, 5.74) is 2.74. The second kappa shape index (κ2) is 5.62. The zero-order valence-corrected chi connectivity index (χ0v) is 13.2. The molecule has 6 heteroatoms. The van der Waals surface area contributed by atoms with E-state index in [1.54, 1.807) is 20.0 Å². The summed E-state index contributed by atoms with van der Waals surface area (Å²) >= 11 is 0. The summed E-state index contributed by atoms with van der Waals surface area (Å²) in [6.07, 6.45) is 4.56. The lowest BCUT2D eigenvalue weighted by atomic mass is 10.0. The molecule has 3 rings (SSSR count). The maximum Gasteiger partial charge on any atom is 0.227 e. The fourth-order valence-corrected chi connectivity index (χ4v) is 2.47. The van der Waals surface area contributed by atoms with Crippen molar-refractivity contribution in [1.82, 2.24) is 19.9 Å². The zero-order valence-electron chi connectivity index (χ0n) is 13.2. The first-order chi connectivity index (χ1) is 10.4. The number of nitrogens with zero attached hydrogens (tertiary/aromatic N) is 4. The summed E-state index contributed by atoms with van der Waals surface area (Å²) in [6, 6.07) is 3.65. The van der Waals surface area contributed by atoms with Crippen LogP contribution in [0.4, 0.5) is 11.6 Å². The largest absolute Gasteiger partial charge is 0.384 e. The van der Waals surface area contributed by atoms with Gasteiger partial charge in [0.05, 0.1) is 11.4 Å².